The second kappa shape index (κ2) is 8.33. The highest BCUT2D eigenvalue weighted by atomic mass is 19.2. The first-order chi connectivity index (χ1) is 14.7. The molecule has 1 saturated heterocycles. The number of H-pyrrole nitrogens is 1. The SMILES string of the molecule is CC(C)(C)OC(=O)N1CCC(c2c[nH]c3ccc(Cc4ccc(F)c(F)c4)cc23)CC1. The smallest absolute Gasteiger partial charge is 0.410 e. The number of nitrogens with zero attached hydrogens (tertiary/aromatic N) is 1. The first-order valence-electron chi connectivity index (χ1n) is 10.7. The van der Waals surface area contributed by atoms with Crippen molar-refractivity contribution in [3.8, 4) is 0 Å². The quantitative estimate of drug-likeness (QED) is 0.546. The lowest BCUT2D eigenvalue weighted by Gasteiger charge is -2.33. The van der Waals surface area contributed by atoms with E-state index in [0.29, 0.717) is 25.4 Å². The van der Waals surface area contributed by atoms with E-state index in [1.165, 1.54) is 17.7 Å². The van der Waals surface area contributed by atoms with Gasteiger partial charge in [-0.1, -0.05) is 12.1 Å². The Balaban J connectivity index is 1.48. The molecule has 4 nitrogen and oxygen atoms in total. The molecule has 164 valence electrons. The molecule has 0 spiro atoms. The number of carbonyl (C=O) groups is 1. The van der Waals surface area contributed by atoms with Gasteiger partial charge in [0.1, 0.15) is 5.60 Å². The second-order valence-electron chi connectivity index (χ2n) is 9.29. The lowest BCUT2D eigenvalue weighted by atomic mass is 9.88. The van der Waals surface area contributed by atoms with Gasteiger partial charge in [-0.15, -0.1) is 0 Å². The van der Waals surface area contributed by atoms with Gasteiger partial charge in [0.05, 0.1) is 0 Å². The van der Waals surface area contributed by atoms with E-state index in [2.05, 4.69) is 17.2 Å². The van der Waals surface area contributed by atoms with Gasteiger partial charge in [-0.2, -0.15) is 0 Å². The average molecular weight is 427 g/mol. The summed E-state index contributed by atoms with van der Waals surface area (Å²) in [6, 6.07) is 10.2. The van der Waals surface area contributed by atoms with Gasteiger partial charge in [0.2, 0.25) is 0 Å². The molecule has 31 heavy (non-hydrogen) atoms. The number of amides is 1. The number of aromatic amines is 1. The number of piperidine rings is 1. The monoisotopic (exact) mass is 426 g/mol. The molecule has 0 unspecified atom stereocenters. The number of likely N-dealkylation sites (tertiary alicyclic amines) is 1. The molecule has 2 aromatic carbocycles. The maximum Gasteiger partial charge on any atom is 0.410 e. The van der Waals surface area contributed by atoms with E-state index in [1.54, 1.807) is 11.0 Å². The number of halogens is 2. The summed E-state index contributed by atoms with van der Waals surface area (Å²) in [6.07, 6.45) is 4.09. The fourth-order valence-corrected chi connectivity index (χ4v) is 4.22. The van der Waals surface area contributed by atoms with Crippen LogP contribution < -0.4 is 0 Å². The van der Waals surface area contributed by atoms with E-state index in [4.69, 9.17) is 4.74 Å². The van der Waals surface area contributed by atoms with Crippen LogP contribution in [0.25, 0.3) is 10.9 Å². The minimum absolute atomic E-state index is 0.251. The average Bonchev–Trinajstić information content (AvgIpc) is 3.13. The van der Waals surface area contributed by atoms with Gasteiger partial charge >= 0.3 is 6.09 Å². The summed E-state index contributed by atoms with van der Waals surface area (Å²) in [5.74, 6) is -1.30. The molecule has 0 saturated carbocycles. The molecule has 1 aromatic heterocycles. The van der Waals surface area contributed by atoms with Gasteiger partial charge in [0, 0.05) is 30.2 Å². The zero-order chi connectivity index (χ0) is 22.2. The van der Waals surface area contributed by atoms with Crippen LogP contribution in [0.5, 0.6) is 0 Å². The molecule has 1 aliphatic rings. The van der Waals surface area contributed by atoms with Crippen molar-refractivity contribution in [2.45, 2.75) is 51.6 Å². The highest BCUT2D eigenvalue weighted by Crippen LogP contribution is 2.34. The number of aromatic nitrogens is 1. The van der Waals surface area contributed by atoms with Crippen molar-refractivity contribution in [3.05, 3.63) is 70.9 Å². The Labute approximate surface area is 181 Å². The number of hydrogen-bond donors (Lipinski definition) is 1. The fourth-order valence-electron chi connectivity index (χ4n) is 4.22. The van der Waals surface area contributed by atoms with E-state index in [0.717, 1.165) is 34.9 Å². The maximum absolute atomic E-state index is 13.6. The fraction of sp³-hybridized carbons (Fsp3) is 0.400. The summed E-state index contributed by atoms with van der Waals surface area (Å²) >= 11 is 0. The van der Waals surface area contributed by atoms with Crippen LogP contribution in [0.15, 0.2) is 42.6 Å². The molecule has 0 atom stereocenters. The van der Waals surface area contributed by atoms with E-state index in [9.17, 15) is 13.6 Å². The van der Waals surface area contributed by atoms with Crippen LogP contribution in [0.4, 0.5) is 13.6 Å². The molecule has 4 rings (SSSR count). The van der Waals surface area contributed by atoms with Crippen molar-refractivity contribution < 1.29 is 18.3 Å². The lowest BCUT2D eigenvalue weighted by molar-refractivity contribution is 0.0205. The summed E-state index contributed by atoms with van der Waals surface area (Å²) < 4.78 is 32.3. The normalized spacial score (nSPS) is 15.5. The maximum atomic E-state index is 13.6. The minimum Gasteiger partial charge on any atom is -0.444 e. The van der Waals surface area contributed by atoms with Gasteiger partial charge in [0.15, 0.2) is 11.6 Å². The summed E-state index contributed by atoms with van der Waals surface area (Å²) in [7, 11) is 0. The number of benzene rings is 2. The molecule has 1 aliphatic heterocycles. The molecule has 3 aromatic rings. The summed E-state index contributed by atoms with van der Waals surface area (Å²) in [5.41, 5.74) is 3.59. The third kappa shape index (κ3) is 4.89. The molecule has 1 amide bonds. The zero-order valence-electron chi connectivity index (χ0n) is 18.2. The predicted molar refractivity (Wildman–Crippen MR) is 117 cm³/mol. The Hall–Kier alpha value is -2.89. The molecular formula is C25H28F2N2O2. The van der Waals surface area contributed by atoms with Crippen molar-refractivity contribution in [2.24, 2.45) is 0 Å². The van der Waals surface area contributed by atoms with Crippen LogP contribution >= 0.6 is 0 Å². The Bertz CT molecular complexity index is 1090. The lowest BCUT2D eigenvalue weighted by Crippen LogP contribution is -2.41. The summed E-state index contributed by atoms with van der Waals surface area (Å²) in [6.45, 7) is 6.96. The standard InChI is InChI=1S/C25H28F2N2O2/c1-25(2,3)31-24(30)29-10-8-18(9-11-29)20-15-28-23-7-5-16(13-19(20)23)12-17-4-6-21(26)22(27)14-17/h4-7,13-15,18,28H,8-12H2,1-3H3. The van der Waals surface area contributed by atoms with Crippen LogP contribution in [-0.2, 0) is 11.2 Å². The zero-order valence-corrected chi connectivity index (χ0v) is 18.2. The summed E-state index contributed by atoms with van der Waals surface area (Å²) in [5, 5.41) is 1.15. The molecule has 1 N–H and O–H groups in total. The number of fused-ring (bicyclic) bond motifs is 1. The molecule has 0 aliphatic carbocycles. The van der Waals surface area contributed by atoms with E-state index in [1.807, 2.05) is 32.9 Å². The van der Waals surface area contributed by atoms with Crippen molar-refractivity contribution in [1.29, 1.82) is 0 Å². The van der Waals surface area contributed by atoms with Crippen molar-refractivity contribution >= 4 is 17.0 Å². The van der Waals surface area contributed by atoms with E-state index >= 15 is 0 Å². The highest BCUT2D eigenvalue weighted by molar-refractivity contribution is 5.84. The van der Waals surface area contributed by atoms with Crippen molar-refractivity contribution in [1.82, 2.24) is 9.88 Å². The number of rotatable bonds is 3. The van der Waals surface area contributed by atoms with Crippen LogP contribution in [-0.4, -0.2) is 34.7 Å². The van der Waals surface area contributed by atoms with Crippen LogP contribution in [0, 0.1) is 11.6 Å². The van der Waals surface area contributed by atoms with Gasteiger partial charge in [-0.3, -0.25) is 0 Å². The predicted octanol–water partition coefficient (Wildman–Crippen LogP) is 6.15. The summed E-state index contributed by atoms with van der Waals surface area (Å²) in [4.78, 5) is 17.5. The van der Waals surface area contributed by atoms with Crippen molar-refractivity contribution in [3.63, 3.8) is 0 Å². The Kier molecular flexibility index (Phi) is 5.73. The van der Waals surface area contributed by atoms with E-state index < -0.39 is 17.2 Å². The van der Waals surface area contributed by atoms with Crippen LogP contribution in [0.3, 0.4) is 0 Å². The molecule has 1 fully saturated rings. The van der Waals surface area contributed by atoms with Gasteiger partial charge in [-0.25, -0.2) is 13.6 Å². The third-order valence-electron chi connectivity index (χ3n) is 5.76. The molecule has 6 heteroatoms. The third-order valence-corrected chi connectivity index (χ3v) is 5.76. The topological polar surface area (TPSA) is 45.3 Å². The van der Waals surface area contributed by atoms with Gasteiger partial charge in [0.25, 0.3) is 0 Å². The first kappa shape index (κ1) is 21.3. The minimum atomic E-state index is -0.829. The van der Waals surface area contributed by atoms with Gasteiger partial charge in [-0.05, 0) is 86.9 Å². The Morgan fingerprint density at radius 3 is 2.42 bits per heavy atom. The number of carbonyl (C=O) groups excluding carboxylic acids is 1. The Morgan fingerprint density at radius 2 is 1.74 bits per heavy atom. The van der Waals surface area contributed by atoms with Crippen LogP contribution in [0.1, 0.15) is 56.2 Å². The Morgan fingerprint density at radius 1 is 1.06 bits per heavy atom. The van der Waals surface area contributed by atoms with Crippen LogP contribution in [0.2, 0.25) is 0 Å². The second-order valence-corrected chi connectivity index (χ2v) is 9.29. The molecular weight excluding hydrogens is 398 g/mol. The first-order valence-corrected chi connectivity index (χ1v) is 10.7. The number of ether oxygens (including phenoxy) is 1. The molecule has 0 radical (unpaired) electrons. The van der Waals surface area contributed by atoms with Gasteiger partial charge < -0.3 is 14.6 Å². The van der Waals surface area contributed by atoms with E-state index in [-0.39, 0.29) is 6.09 Å². The molecule has 0 bridgehead atoms. The number of hydrogen-bond acceptors (Lipinski definition) is 2. The highest BCUT2D eigenvalue weighted by Gasteiger charge is 2.28. The molecule has 2 heterocycles. The van der Waals surface area contributed by atoms with Crippen molar-refractivity contribution in [2.75, 3.05) is 13.1 Å². The largest absolute Gasteiger partial charge is 0.444 e. The number of nitrogens with one attached hydrogen (secondary N) is 1.